The Morgan fingerprint density at radius 3 is 2.53 bits per heavy atom. The van der Waals surface area contributed by atoms with E-state index in [2.05, 4.69) is 6.58 Å². The van der Waals surface area contributed by atoms with Crippen molar-refractivity contribution >= 4 is 6.98 Å². The second-order valence-corrected chi connectivity index (χ2v) is 4.91. The van der Waals surface area contributed by atoms with Gasteiger partial charge in [-0.15, -0.1) is 12.1 Å². The average molecular weight is 275 g/mol. The van der Waals surface area contributed by atoms with E-state index in [0.29, 0.717) is 19.7 Å². The molecule has 7 heteroatoms. The summed E-state index contributed by atoms with van der Waals surface area (Å²) in [7, 11) is 0. The molecule has 0 aromatic heterocycles. The van der Waals surface area contributed by atoms with Crippen LogP contribution >= 0.6 is 0 Å². The average Bonchev–Trinajstić information content (AvgIpc) is 2.24. The Bertz CT molecular complexity index is 271. The molecule has 0 atom stereocenters. The summed E-state index contributed by atoms with van der Waals surface area (Å²) in [6.07, 6.45) is 0.765. The van der Waals surface area contributed by atoms with Crippen molar-refractivity contribution in [2.45, 2.75) is 25.9 Å². The van der Waals surface area contributed by atoms with E-state index in [-0.39, 0.29) is 63.5 Å². The van der Waals surface area contributed by atoms with Crippen molar-refractivity contribution in [2.24, 2.45) is 0 Å². The molecule has 17 heavy (non-hydrogen) atoms. The third-order valence-corrected chi connectivity index (χ3v) is 2.61. The normalized spacial score (nSPS) is 21.5. The third-order valence-electron chi connectivity index (χ3n) is 2.61. The molecule has 2 nitrogen and oxygen atoms in total. The van der Waals surface area contributed by atoms with Crippen LogP contribution in [0.5, 0.6) is 0 Å². The van der Waals surface area contributed by atoms with E-state index in [1.54, 1.807) is 4.90 Å². The molecule has 1 aliphatic heterocycles. The molecule has 0 aromatic carbocycles. The van der Waals surface area contributed by atoms with Crippen LogP contribution in [0.15, 0.2) is 12.1 Å². The first kappa shape index (κ1) is 18.2. The van der Waals surface area contributed by atoms with Gasteiger partial charge in [0, 0.05) is 19.7 Å². The number of nitrogens with zero attached hydrogens (tertiary/aromatic N) is 1. The molecule has 0 aliphatic carbocycles. The molecular formula is C10H18BF3KNO. The minimum absolute atomic E-state index is 0. The topological polar surface area (TPSA) is 12.5 Å². The van der Waals surface area contributed by atoms with Crippen LogP contribution < -0.4 is 51.4 Å². The van der Waals surface area contributed by atoms with E-state index >= 15 is 0 Å². The van der Waals surface area contributed by atoms with Crippen LogP contribution in [0.3, 0.4) is 0 Å². The van der Waals surface area contributed by atoms with Gasteiger partial charge in [0.1, 0.15) is 0 Å². The van der Waals surface area contributed by atoms with Crippen LogP contribution in [0.4, 0.5) is 12.9 Å². The van der Waals surface area contributed by atoms with E-state index < -0.39 is 12.4 Å². The van der Waals surface area contributed by atoms with Crippen molar-refractivity contribution in [3.63, 3.8) is 0 Å². The van der Waals surface area contributed by atoms with E-state index in [4.69, 9.17) is 4.74 Å². The quantitative estimate of drug-likeness (QED) is 0.640. The minimum Gasteiger partial charge on any atom is -0.445 e. The Morgan fingerprint density at radius 2 is 2.00 bits per heavy atom. The van der Waals surface area contributed by atoms with E-state index in [1.165, 1.54) is 0 Å². The maximum Gasteiger partial charge on any atom is 1.00 e. The summed E-state index contributed by atoms with van der Waals surface area (Å²) in [5.41, 5.74) is -1.01. The maximum atomic E-state index is 12.4. The fourth-order valence-corrected chi connectivity index (χ4v) is 1.83. The van der Waals surface area contributed by atoms with Crippen molar-refractivity contribution in [3.05, 3.63) is 12.1 Å². The van der Waals surface area contributed by atoms with Crippen LogP contribution in [0.1, 0.15) is 20.3 Å². The summed E-state index contributed by atoms with van der Waals surface area (Å²) in [6, 6.07) is 0. The number of ether oxygens (including phenoxy) is 1. The Balaban J connectivity index is 0.00000256. The fourth-order valence-electron chi connectivity index (χ4n) is 1.83. The van der Waals surface area contributed by atoms with Crippen LogP contribution in [0.2, 0.25) is 0 Å². The molecule has 0 amide bonds. The number of hydrogen-bond acceptors (Lipinski definition) is 2. The first-order valence-corrected chi connectivity index (χ1v) is 5.45. The molecule has 0 saturated carbocycles. The first-order chi connectivity index (χ1) is 7.21. The summed E-state index contributed by atoms with van der Waals surface area (Å²) in [5.74, 6) is 0. The summed E-state index contributed by atoms with van der Waals surface area (Å²) in [4.78, 5) is 1.77. The molecule has 0 aromatic rings. The van der Waals surface area contributed by atoms with Gasteiger partial charge in [0.15, 0.2) is 0 Å². The summed E-state index contributed by atoms with van der Waals surface area (Å²) >= 11 is 0. The second-order valence-electron chi connectivity index (χ2n) is 4.91. The molecule has 1 heterocycles. The van der Waals surface area contributed by atoms with Crippen molar-refractivity contribution < 1.29 is 69.1 Å². The second kappa shape index (κ2) is 7.07. The van der Waals surface area contributed by atoms with Crippen molar-refractivity contribution in [1.29, 1.82) is 0 Å². The van der Waals surface area contributed by atoms with Gasteiger partial charge in [-0.2, -0.15) is 0 Å². The zero-order chi connectivity index (χ0) is 12.4. The van der Waals surface area contributed by atoms with Gasteiger partial charge < -0.3 is 17.7 Å². The predicted octanol–water partition coefficient (Wildman–Crippen LogP) is -0.566. The maximum absolute atomic E-state index is 12.4. The Hall–Kier alpha value is 1.15. The van der Waals surface area contributed by atoms with Crippen molar-refractivity contribution in [3.8, 4) is 0 Å². The Morgan fingerprint density at radius 1 is 1.41 bits per heavy atom. The largest absolute Gasteiger partial charge is 1.00 e. The van der Waals surface area contributed by atoms with Gasteiger partial charge in [-0.25, -0.2) is 0 Å². The fraction of sp³-hybridized carbons (Fsp3) is 0.800. The molecular weight excluding hydrogens is 257 g/mol. The van der Waals surface area contributed by atoms with Crippen LogP contribution in [-0.2, 0) is 4.74 Å². The molecule has 94 valence electrons. The van der Waals surface area contributed by atoms with Gasteiger partial charge in [-0.1, -0.05) is 0 Å². The van der Waals surface area contributed by atoms with E-state index in [0.717, 1.165) is 6.42 Å². The van der Waals surface area contributed by atoms with Crippen LogP contribution in [0.25, 0.3) is 0 Å². The van der Waals surface area contributed by atoms with Gasteiger partial charge in [-0.3, -0.25) is 4.90 Å². The zero-order valence-corrected chi connectivity index (χ0v) is 13.9. The molecule has 1 saturated heterocycles. The standard InChI is InChI=1S/C10H18BF3NO.K/c1-9(11(12,13)14)7-15-5-4-6-16-10(2,3)8-15;/h1,4-8H2,2-3H3;/q-1;+1. The summed E-state index contributed by atoms with van der Waals surface area (Å²) in [6.45, 7) is 3.64. The molecule has 1 aliphatic rings. The monoisotopic (exact) mass is 275 g/mol. The molecule has 0 N–H and O–H groups in total. The van der Waals surface area contributed by atoms with Gasteiger partial charge in [0.25, 0.3) is 0 Å². The minimum atomic E-state index is -4.92. The molecule has 0 spiro atoms. The Kier molecular flexibility index (Phi) is 7.55. The molecule has 0 bridgehead atoms. The number of rotatable bonds is 3. The zero-order valence-electron chi connectivity index (χ0n) is 10.8. The van der Waals surface area contributed by atoms with E-state index in [9.17, 15) is 12.9 Å². The number of halogens is 3. The predicted molar refractivity (Wildman–Crippen MR) is 59.3 cm³/mol. The Labute approximate surface area is 143 Å². The van der Waals surface area contributed by atoms with Crippen molar-refractivity contribution in [1.82, 2.24) is 4.90 Å². The SMILES string of the molecule is C=C(CN1CCCOC(C)(C)C1)[B-](F)(F)F.[K+]. The first-order valence-electron chi connectivity index (χ1n) is 5.45. The van der Waals surface area contributed by atoms with Gasteiger partial charge >= 0.3 is 58.4 Å². The van der Waals surface area contributed by atoms with Crippen molar-refractivity contribution in [2.75, 3.05) is 26.2 Å². The van der Waals surface area contributed by atoms with Crippen LogP contribution in [-0.4, -0.2) is 43.7 Å². The van der Waals surface area contributed by atoms with Gasteiger partial charge in [0.05, 0.1) is 5.60 Å². The molecule has 1 rings (SSSR count). The smallest absolute Gasteiger partial charge is 0.445 e. The summed E-state index contributed by atoms with van der Waals surface area (Å²) in [5, 5.41) is 0. The van der Waals surface area contributed by atoms with Gasteiger partial charge in [-0.05, 0) is 26.8 Å². The van der Waals surface area contributed by atoms with E-state index in [1.807, 2.05) is 13.8 Å². The van der Waals surface area contributed by atoms with Crippen LogP contribution in [0, 0.1) is 0 Å². The molecule has 1 fully saturated rings. The molecule has 0 radical (unpaired) electrons. The summed E-state index contributed by atoms with van der Waals surface area (Å²) < 4.78 is 42.8. The molecule has 0 unspecified atom stereocenters. The van der Waals surface area contributed by atoms with Gasteiger partial charge in [0.2, 0.25) is 0 Å². The number of hydrogen-bond donors (Lipinski definition) is 0. The third kappa shape index (κ3) is 6.75.